The molecule has 0 bridgehead atoms. The number of aliphatic hydroxyl groups is 1. The molecule has 20 heavy (non-hydrogen) atoms. The van der Waals surface area contributed by atoms with E-state index in [1.54, 1.807) is 12.1 Å². The molecule has 1 aliphatic carbocycles. The molecule has 2 aromatic rings. The number of aromatic nitrogens is 2. The van der Waals surface area contributed by atoms with E-state index in [1.807, 2.05) is 0 Å². The van der Waals surface area contributed by atoms with Crippen molar-refractivity contribution < 1.29 is 13.5 Å². The van der Waals surface area contributed by atoms with E-state index in [-0.39, 0.29) is 11.5 Å². The summed E-state index contributed by atoms with van der Waals surface area (Å²) in [5.74, 6) is 0. The minimum Gasteiger partial charge on any atom is -0.394 e. The van der Waals surface area contributed by atoms with Crippen molar-refractivity contribution in [3.8, 4) is 0 Å². The summed E-state index contributed by atoms with van der Waals surface area (Å²) in [6.07, 6.45) is 3.17. The normalized spacial score (nSPS) is 18.6. The minimum atomic E-state index is -3.72. The highest BCUT2D eigenvalue weighted by molar-refractivity contribution is 7.89. The van der Waals surface area contributed by atoms with E-state index in [0.29, 0.717) is 23.9 Å². The second-order valence-electron chi connectivity index (χ2n) is 5.14. The van der Waals surface area contributed by atoms with Crippen LogP contribution in [0.5, 0.6) is 0 Å². The average Bonchev–Trinajstić information content (AvgIpc) is 3.06. The van der Waals surface area contributed by atoms with Crippen LogP contribution in [0.2, 0.25) is 0 Å². The lowest BCUT2D eigenvalue weighted by molar-refractivity contribution is 0.185. The van der Waals surface area contributed by atoms with Gasteiger partial charge in [0.05, 0.1) is 23.9 Å². The Bertz CT molecular complexity index is 720. The molecular formula is C12H15N3O3S2. The van der Waals surface area contributed by atoms with Crippen LogP contribution in [0.25, 0.3) is 11.0 Å². The van der Waals surface area contributed by atoms with Crippen molar-refractivity contribution in [1.82, 2.24) is 13.5 Å². The van der Waals surface area contributed by atoms with E-state index < -0.39 is 15.6 Å². The molecule has 0 saturated heterocycles. The molecule has 0 radical (unpaired) electrons. The smallest absolute Gasteiger partial charge is 0.243 e. The molecule has 0 atom stereocenters. The first-order valence-electron chi connectivity index (χ1n) is 6.42. The molecule has 0 spiro atoms. The van der Waals surface area contributed by atoms with Crippen molar-refractivity contribution in [1.29, 1.82) is 0 Å². The van der Waals surface area contributed by atoms with E-state index in [2.05, 4.69) is 13.5 Å². The molecule has 108 valence electrons. The maximum atomic E-state index is 12.6. The van der Waals surface area contributed by atoms with E-state index in [1.165, 1.54) is 6.07 Å². The predicted molar refractivity (Wildman–Crippen MR) is 76.0 cm³/mol. The second kappa shape index (κ2) is 5.03. The molecule has 6 nitrogen and oxygen atoms in total. The van der Waals surface area contributed by atoms with Gasteiger partial charge >= 0.3 is 0 Å². The van der Waals surface area contributed by atoms with Crippen LogP contribution < -0.4 is 4.72 Å². The summed E-state index contributed by atoms with van der Waals surface area (Å²) in [5, 5.41) is 9.55. The summed E-state index contributed by atoms with van der Waals surface area (Å²) >= 11 is 0.989. The zero-order chi connectivity index (χ0) is 14.2. The number of hydrogen-bond acceptors (Lipinski definition) is 6. The third kappa shape index (κ3) is 2.32. The van der Waals surface area contributed by atoms with Crippen molar-refractivity contribution in [2.75, 3.05) is 6.61 Å². The Morgan fingerprint density at radius 3 is 2.75 bits per heavy atom. The quantitative estimate of drug-likeness (QED) is 0.887. The molecule has 1 aliphatic rings. The SMILES string of the molecule is O=S(=O)(NC1(CO)CCCC1)c1cccc2nsnc12. The number of aliphatic hydroxyl groups excluding tert-OH is 1. The summed E-state index contributed by atoms with van der Waals surface area (Å²) in [4.78, 5) is 0.128. The molecule has 1 fully saturated rings. The Balaban J connectivity index is 2.02. The molecule has 2 N–H and O–H groups in total. The van der Waals surface area contributed by atoms with Crippen molar-refractivity contribution >= 4 is 32.8 Å². The zero-order valence-electron chi connectivity index (χ0n) is 10.7. The third-order valence-electron chi connectivity index (χ3n) is 3.75. The molecular weight excluding hydrogens is 298 g/mol. The first kappa shape index (κ1) is 13.9. The highest BCUT2D eigenvalue weighted by Gasteiger charge is 2.38. The van der Waals surface area contributed by atoms with Crippen LogP contribution in [0.1, 0.15) is 25.7 Å². The molecule has 3 rings (SSSR count). The first-order chi connectivity index (χ1) is 9.56. The van der Waals surface area contributed by atoms with Gasteiger partial charge in [0.15, 0.2) is 0 Å². The van der Waals surface area contributed by atoms with Crippen molar-refractivity contribution in [3.63, 3.8) is 0 Å². The Labute approximate surface area is 121 Å². The van der Waals surface area contributed by atoms with Gasteiger partial charge in [-0.05, 0) is 25.0 Å². The topological polar surface area (TPSA) is 92.2 Å². The fourth-order valence-electron chi connectivity index (χ4n) is 2.68. The lowest BCUT2D eigenvalue weighted by Crippen LogP contribution is -2.49. The lowest BCUT2D eigenvalue weighted by atomic mass is 10.0. The van der Waals surface area contributed by atoms with Gasteiger partial charge in [0, 0.05) is 0 Å². The van der Waals surface area contributed by atoms with Gasteiger partial charge in [0.25, 0.3) is 0 Å². The van der Waals surface area contributed by atoms with E-state index in [0.717, 1.165) is 24.6 Å². The molecule has 0 unspecified atom stereocenters. The number of sulfonamides is 1. The van der Waals surface area contributed by atoms with Crippen LogP contribution in [-0.4, -0.2) is 34.4 Å². The molecule has 1 heterocycles. The highest BCUT2D eigenvalue weighted by Crippen LogP contribution is 2.31. The fraction of sp³-hybridized carbons (Fsp3) is 0.500. The van der Waals surface area contributed by atoms with Gasteiger partial charge in [0.1, 0.15) is 15.9 Å². The van der Waals surface area contributed by atoms with E-state index in [4.69, 9.17) is 0 Å². The summed E-state index contributed by atoms with van der Waals surface area (Å²) in [6, 6.07) is 4.90. The lowest BCUT2D eigenvalue weighted by Gasteiger charge is -2.27. The number of hydrogen-bond donors (Lipinski definition) is 2. The summed E-state index contributed by atoms with van der Waals surface area (Å²) in [5.41, 5.74) is 0.225. The van der Waals surface area contributed by atoms with Crippen LogP contribution in [-0.2, 0) is 10.0 Å². The Morgan fingerprint density at radius 1 is 1.30 bits per heavy atom. The largest absolute Gasteiger partial charge is 0.394 e. The first-order valence-corrected chi connectivity index (χ1v) is 8.64. The Kier molecular flexibility index (Phi) is 3.49. The molecule has 0 amide bonds. The summed E-state index contributed by atoms with van der Waals surface area (Å²) < 4.78 is 35.9. The monoisotopic (exact) mass is 313 g/mol. The third-order valence-corrected chi connectivity index (χ3v) is 5.91. The van der Waals surface area contributed by atoms with Gasteiger partial charge in [0.2, 0.25) is 10.0 Å². The van der Waals surface area contributed by atoms with Crippen molar-refractivity contribution in [2.24, 2.45) is 0 Å². The van der Waals surface area contributed by atoms with Crippen LogP contribution in [0, 0.1) is 0 Å². The summed E-state index contributed by atoms with van der Waals surface area (Å²) in [7, 11) is -3.72. The Morgan fingerprint density at radius 2 is 2.05 bits per heavy atom. The van der Waals surface area contributed by atoms with Crippen molar-refractivity contribution in [3.05, 3.63) is 18.2 Å². The molecule has 1 aromatic heterocycles. The average molecular weight is 313 g/mol. The number of nitrogens with one attached hydrogen (secondary N) is 1. The molecule has 1 aromatic carbocycles. The van der Waals surface area contributed by atoms with Crippen LogP contribution in [0.4, 0.5) is 0 Å². The van der Waals surface area contributed by atoms with Crippen LogP contribution in [0.3, 0.4) is 0 Å². The second-order valence-corrected chi connectivity index (χ2v) is 7.32. The minimum absolute atomic E-state index is 0.128. The maximum Gasteiger partial charge on any atom is 0.243 e. The molecule has 0 aliphatic heterocycles. The van der Waals surface area contributed by atoms with Gasteiger partial charge in [-0.1, -0.05) is 18.9 Å². The van der Waals surface area contributed by atoms with Gasteiger partial charge in [-0.3, -0.25) is 0 Å². The van der Waals surface area contributed by atoms with Crippen LogP contribution in [0.15, 0.2) is 23.1 Å². The number of nitrogens with zero attached hydrogens (tertiary/aromatic N) is 2. The van der Waals surface area contributed by atoms with Gasteiger partial charge in [-0.25, -0.2) is 13.1 Å². The molecule has 8 heteroatoms. The zero-order valence-corrected chi connectivity index (χ0v) is 12.4. The van der Waals surface area contributed by atoms with E-state index in [9.17, 15) is 13.5 Å². The number of rotatable bonds is 4. The maximum absolute atomic E-state index is 12.6. The highest BCUT2D eigenvalue weighted by atomic mass is 32.2. The Hall–Kier alpha value is -1.09. The molecule has 1 saturated carbocycles. The van der Waals surface area contributed by atoms with Crippen molar-refractivity contribution in [2.45, 2.75) is 36.1 Å². The van der Waals surface area contributed by atoms with Gasteiger partial charge in [-0.15, -0.1) is 0 Å². The summed E-state index contributed by atoms with van der Waals surface area (Å²) in [6.45, 7) is -0.183. The standard InChI is InChI=1S/C12H15N3O3S2/c16-8-12(6-1-2-7-12)15-20(17,18)10-5-3-4-9-11(10)14-19-13-9/h3-5,15-16H,1-2,6-8H2. The predicted octanol–water partition coefficient (Wildman–Crippen LogP) is 1.27. The fourth-order valence-corrected chi connectivity index (χ4v) is 4.90. The van der Waals surface area contributed by atoms with Gasteiger partial charge < -0.3 is 5.11 Å². The van der Waals surface area contributed by atoms with E-state index >= 15 is 0 Å². The van der Waals surface area contributed by atoms with Crippen LogP contribution >= 0.6 is 11.7 Å². The number of benzene rings is 1. The van der Waals surface area contributed by atoms with Gasteiger partial charge in [-0.2, -0.15) is 8.75 Å². The number of fused-ring (bicyclic) bond motifs is 1.